The molecule has 1 atom stereocenters. The second kappa shape index (κ2) is 10.1. The van der Waals surface area contributed by atoms with E-state index in [-0.39, 0.29) is 11.9 Å². The number of thiophene rings is 1. The molecule has 0 unspecified atom stereocenters. The van der Waals surface area contributed by atoms with Gasteiger partial charge < -0.3 is 5.73 Å². The summed E-state index contributed by atoms with van der Waals surface area (Å²) in [5.41, 5.74) is 16.0. The number of fused-ring (bicyclic) bond motifs is 1. The highest BCUT2D eigenvalue weighted by molar-refractivity contribution is 7.98. The van der Waals surface area contributed by atoms with Gasteiger partial charge in [-0.1, -0.05) is 72.4 Å². The third-order valence-corrected chi connectivity index (χ3v) is 7.56. The third-order valence-electron chi connectivity index (χ3n) is 5.92. The fraction of sp³-hybridized carbons (Fsp3) is 0.240. The van der Waals surface area contributed by atoms with Gasteiger partial charge in [0.2, 0.25) is 0 Å². The number of hydrogen-bond donors (Lipinski definition) is 3. The number of anilines is 1. The molecule has 2 aromatic carbocycles. The molecule has 0 radical (unpaired) electrons. The topological polar surface area (TPSA) is 96.2 Å². The van der Waals surface area contributed by atoms with Crippen molar-refractivity contribution in [3.63, 3.8) is 0 Å². The number of aromatic nitrogens is 2. The highest BCUT2D eigenvalue weighted by Gasteiger charge is 2.25. The van der Waals surface area contributed by atoms with Crippen molar-refractivity contribution in [3.05, 3.63) is 71.1 Å². The smallest absolute Gasteiger partial charge is 0.277 e. The van der Waals surface area contributed by atoms with Crippen LogP contribution >= 0.6 is 23.1 Å². The summed E-state index contributed by atoms with van der Waals surface area (Å²) in [4.78, 5) is 25.9. The highest BCUT2D eigenvalue weighted by Crippen LogP contribution is 2.39. The van der Waals surface area contributed by atoms with Crippen LogP contribution in [0.25, 0.3) is 21.5 Å². The maximum atomic E-state index is 13.1. The number of thioether (sulfide) groups is 1. The van der Waals surface area contributed by atoms with Crippen LogP contribution in [-0.4, -0.2) is 46.2 Å². The Morgan fingerprint density at radius 1 is 1.15 bits per heavy atom. The predicted octanol–water partition coefficient (Wildman–Crippen LogP) is 4.17. The van der Waals surface area contributed by atoms with Crippen molar-refractivity contribution in [2.24, 2.45) is 0 Å². The van der Waals surface area contributed by atoms with Crippen molar-refractivity contribution in [2.75, 3.05) is 25.1 Å². The number of carbonyl (C=O) groups is 1. The molecule has 174 valence electrons. The number of nitrogens with one attached hydrogen (secondary N) is 2. The summed E-state index contributed by atoms with van der Waals surface area (Å²) < 4.78 is 0. The molecule has 0 saturated carbocycles. The monoisotopic (exact) mass is 490 g/mol. The molecule has 9 heteroatoms. The maximum absolute atomic E-state index is 13.1. The zero-order chi connectivity index (χ0) is 23.5. The van der Waals surface area contributed by atoms with Crippen LogP contribution < -0.4 is 16.6 Å². The minimum Gasteiger partial charge on any atom is -0.397 e. The quantitative estimate of drug-likeness (QED) is 0.203. The minimum absolute atomic E-state index is 0.186. The molecule has 1 amide bonds. The Labute approximate surface area is 206 Å². The van der Waals surface area contributed by atoms with Crippen LogP contribution in [0, 0.1) is 0 Å². The molecule has 0 aliphatic carbocycles. The number of nitrogens with zero attached hydrogens (tertiary/aromatic N) is 3. The van der Waals surface area contributed by atoms with E-state index in [1.807, 2.05) is 42.7 Å². The second-order valence-electron chi connectivity index (χ2n) is 8.25. The Morgan fingerprint density at radius 3 is 2.62 bits per heavy atom. The molecule has 1 fully saturated rings. The van der Waals surface area contributed by atoms with Gasteiger partial charge >= 0.3 is 0 Å². The van der Waals surface area contributed by atoms with E-state index in [2.05, 4.69) is 45.0 Å². The van der Waals surface area contributed by atoms with Gasteiger partial charge in [0.25, 0.3) is 5.91 Å². The fourth-order valence-corrected chi connectivity index (χ4v) is 5.64. The van der Waals surface area contributed by atoms with Crippen molar-refractivity contribution >= 4 is 44.9 Å². The van der Waals surface area contributed by atoms with E-state index in [1.165, 1.54) is 28.7 Å². The molecular weight excluding hydrogens is 464 g/mol. The van der Waals surface area contributed by atoms with E-state index in [9.17, 15) is 4.79 Å². The van der Waals surface area contributed by atoms with E-state index in [0.29, 0.717) is 15.7 Å². The van der Waals surface area contributed by atoms with Crippen LogP contribution in [0.15, 0.2) is 65.8 Å². The number of likely N-dealkylation sites (tertiary alicyclic amines) is 1. The lowest BCUT2D eigenvalue weighted by Gasteiger charge is -2.17. The van der Waals surface area contributed by atoms with E-state index < -0.39 is 0 Å². The van der Waals surface area contributed by atoms with Crippen LogP contribution in [0.1, 0.15) is 21.7 Å². The largest absolute Gasteiger partial charge is 0.397 e. The molecule has 2 aromatic heterocycles. The first-order valence-electron chi connectivity index (χ1n) is 11.1. The van der Waals surface area contributed by atoms with Crippen molar-refractivity contribution in [1.29, 1.82) is 0 Å². The molecule has 0 bridgehead atoms. The van der Waals surface area contributed by atoms with Crippen molar-refractivity contribution in [1.82, 2.24) is 25.7 Å². The molecule has 1 aliphatic rings. The summed E-state index contributed by atoms with van der Waals surface area (Å²) in [7, 11) is 0. The molecule has 34 heavy (non-hydrogen) atoms. The average molecular weight is 491 g/mol. The van der Waals surface area contributed by atoms with E-state index in [1.54, 1.807) is 0 Å². The number of amides is 1. The average Bonchev–Trinajstić information content (AvgIpc) is 3.47. The molecule has 7 nitrogen and oxygen atoms in total. The van der Waals surface area contributed by atoms with E-state index >= 15 is 0 Å². The lowest BCUT2D eigenvalue weighted by molar-refractivity contribution is 0.0930. The van der Waals surface area contributed by atoms with Crippen LogP contribution in [0.3, 0.4) is 0 Å². The zero-order valence-corrected chi connectivity index (χ0v) is 20.5. The number of carbonyl (C=O) groups excluding carboxylic acids is 1. The number of nitrogen functional groups attached to an aromatic ring is 1. The number of hydrazine groups is 1. The summed E-state index contributed by atoms with van der Waals surface area (Å²) in [6, 6.07) is 20.5. The van der Waals surface area contributed by atoms with Crippen molar-refractivity contribution in [3.8, 4) is 11.3 Å². The van der Waals surface area contributed by atoms with Crippen LogP contribution in [0.2, 0.25) is 0 Å². The summed E-state index contributed by atoms with van der Waals surface area (Å²) in [6.07, 6.45) is 2.91. The highest BCUT2D eigenvalue weighted by atomic mass is 32.2. The Bertz CT molecular complexity index is 1300. The number of benzene rings is 2. The number of hydrogen-bond acceptors (Lipinski definition) is 8. The first kappa shape index (κ1) is 22.8. The fourth-order valence-electron chi connectivity index (χ4n) is 4.23. The molecule has 0 spiro atoms. The summed E-state index contributed by atoms with van der Waals surface area (Å²) in [5.74, 6) is -0.244. The molecule has 1 saturated heterocycles. The Hall–Kier alpha value is -2.98. The van der Waals surface area contributed by atoms with Crippen LogP contribution in [0.5, 0.6) is 0 Å². The Kier molecular flexibility index (Phi) is 6.77. The molecular formula is C25H26N6OS2. The SMILES string of the molecule is CSc1nc(-c2ccccc2)c2c(N)c(C(=O)NN[C@@H]3CCN(Cc4ccccc4)C3)sc2n1. The normalized spacial score (nSPS) is 16.2. The summed E-state index contributed by atoms with van der Waals surface area (Å²) in [6.45, 7) is 2.77. The van der Waals surface area contributed by atoms with Gasteiger partial charge in [-0.2, -0.15) is 0 Å². The summed E-state index contributed by atoms with van der Waals surface area (Å²) >= 11 is 2.77. The van der Waals surface area contributed by atoms with E-state index in [0.717, 1.165) is 47.5 Å². The third kappa shape index (κ3) is 4.78. The minimum atomic E-state index is -0.244. The molecule has 5 rings (SSSR count). The van der Waals surface area contributed by atoms with Gasteiger partial charge in [-0.3, -0.25) is 15.1 Å². The van der Waals surface area contributed by atoms with Gasteiger partial charge in [-0.05, 0) is 18.2 Å². The zero-order valence-electron chi connectivity index (χ0n) is 18.8. The van der Waals surface area contributed by atoms with Gasteiger partial charge in [-0.15, -0.1) is 11.3 Å². The molecule has 3 heterocycles. The second-order valence-corrected chi connectivity index (χ2v) is 10.0. The van der Waals surface area contributed by atoms with Gasteiger partial charge in [0.1, 0.15) is 9.71 Å². The number of rotatable bonds is 7. The van der Waals surface area contributed by atoms with Crippen molar-refractivity contribution < 1.29 is 4.79 Å². The predicted molar refractivity (Wildman–Crippen MR) is 140 cm³/mol. The van der Waals surface area contributed by atoms with Gasteiger partial charge in [0.05, 0.1) is 16.8 Å². The summed E-state index contributed by atoms with van der Waals surface area (Å²) in [5, 5.41) is 1.39. The first-order chi connectivity index (χ1) is 16.6. The van der Waals surface area contributed by atoms with Crippen LogP contribution in [-0.2, 0) is 6.54 Å². The standard InChI is InChI=1S/C25H26N6OS2/c1-33-25-27-21(17-10-6-3-7-11-17)19-20(26)22(34-24(19)28-25)23(32)30-29-18-12-13-31(15-18)14-16-8-4-2-5-9-16/h2-11,18,29H,12-15,26H2,1H3,(H,30,32)/t18-/m1/s1. The lowest BCUT2D eigenvalue weighted by atomic mass is 10.1. The van der Waals surface area contributed by atoms with Gasteiger partial charge in [0.15, 0.2) is 5.16 Å². The molecule has 1 aliphatic heterocycles. The Morgan fingerprint density at radius 2 is 1.88 bits per heavy atom. The van der Waals surface area contributed by atoms with E-state index in [4.69, 9.17) is 10.7 Å². The Balaban J connectivity index is 1.31. The lowest BCUT2D eigenvalue weighted by Crippen LogP contribution is -2.45. The molecule has 4 N–H and O–H groups in total. The van der Waals surface area contributed by atoms with Gasteiger partial charge in [-0.25, -0.2) is 15.4 Å². The maximum Gasteiger partial charge on any atom is 0.277 e. The van der Waals surface area contributed by atoms with Crippen molar-refractivity contribution in [2.45, 2.75) is 24.2 Å². The van der Waals surface area contributed by atoms with Gasteiger partial charge in [0, 0.05) is 31.2 Å². The number of nitrogens with two attached hydrogens (primary N) is 1. The molecule has 4 aromatic rings. The van der Waals surface area contributed by atoms with Crippen LogP contribution in [0.4, 0.5) is 5.69 Å². The first-order valence-corrected chi connectivity index (χ1v) is 13.2.